The van der Waals surface area contributed by atoms with Gasteiger partial charge in [-0.15, -0.1) is 5.10 Å². The van der Waals surface area contributed by atoms with Gasteiger partial charge in [-0.2, -0.15) is 5.10 Å². The number of nitrogens with zero attached hydrogens (tertiary/aromatic N) is 2. The Morgan fingerprint density at radius 3 is 2.23 bits per heavy atom. The topological polar surface area (TPSA) is 86.0 Å². The Balaban J connectivity index is 2.03. The molecule has 0 unspecified atom stereocenters. The van der Waals surface area contributed by atoms with Crippen LogP contribution in [0.5, 0.6) is 5.75 Å². The van der Waals surface area contributed by atoms with Crippen LogP contribution in [0.15, 0.2) is 64.8 Å². The summed E-state index contributed by atoms with van der Waals surface area (Å²) in [5.41, 5.74) is 13.5. The molecule has 0 atom stereocenters. The number of benzene rings is 2. The van der Waals surface area contributed by atoms with Crippen LogP contribution < -0.4 is 16.2 Å². The molecule has 0 aliphatic heterocycles. The second kappa shape index (κ2) is 7.83. The first-order valence-electron chi connectivity index (χ1n) is 7.11. The van der Waals surface area contributed by atoms with E-state index in [4.69, 9.17) is 16.2 Å². The Kier molecular flexibility index (Phi) is 5.54. The fraction of sp³-hybridized carbons (Fsp3) is 0.176. The first-order valence-corrected chi connectivity index (χ1v) is 7.11. The molecule has 0 fully saturated rings. The van der Waals surface area contributed by atoms with Crippen LogP contribution in [0.2, 0.25) is 0 Å². The molecular formula is C17H20N4O. The summed E-state index contributed by atoms with van der Waals surface area (Å²) in [6.07, 6.45) is 0.737. The third-order valence-corrected chi connectivity index (χ3v) is 3.06. The van der Waals surface area contributed by atoms with Gasteiger partial charge in [-0.1, -0.05) is 37.3 Å². The standard InChI is InChI=1S/C17H20N4O/c1-2-16(20-21-17(18)19)14-8-10-15(11-9-14)22-12-13-6-4-3-5-7-13/h3-11H,2,12H2,1H3,(H4,18,19,21)/b20-16-. The van der Waals surface area contributed by atoms with E-state index in [0.717, 1.165) is 29.0 Å². The summed E-state index contributed by atoms with van der Waals surface area (Å²) < 4.78 is 5.75. The Labute approximate surface area is 130 Å². The first kappa shape index (κ1) is 15.6. The summed E-state index contributed by atoms with van der Waals surface area (Å²) in [5.74, 6) is 0.763. The number of hydrogen-bond donors (Lipinski definition) is 2. The molecular weight excluding hydrogens is 276 g/mol. The molecule has 22 heavy (non-hydrogen) atoms. The molecule has 0 heterocycles. The third kappa shape index (κ3) is 4.63. The number of hydrogen-bond acceptors (Lipinski definition) is 3. The molecule has 114 valence electrons. The Hall–Kier alpha value is -2.82. The van der Waals surface area contributed by atoms with E-state index >= 15 is 0 Å². The van der Waals surface area contributed by atoms with Crippen molar-refractivity contribution in [1.29, 1.82) is 0 Å². The van der Waals surface area contributed by atoms with Crippen LogP contribution in [0, 0.1) is 0 Å². The summed E-state index contributed by atoms with van der Waals surface area (Å²) >= 11 is 0. The van der Waals surface area contributed by atoms with Crippen molar-refractivity contribution in [2.75, 3.05) is 0 Å². The molecule has 2 rings (SSSR count). The smallest absolute Gasteiger partial charge is 0.211 e. The van der Waals surface area contributed by atoms with Gasteiger partial charge in [0.1, 0.15) is 12.4 Å². The van der Waals surface area contributed by atoms with Crippen molar-refractivity contribution in [3.8, 4) is 5.75 Å². The van der Waals surface area contributed by atoms with Gasteiger partial charge in [0.05, 0.1) is 5.71 Å². The minimum Gasteiger partial charge on any atom is -0.489 e. The SMILES string of the molecule is CC/C(=N/N=C(N)N)c1ccc(OCc2ccccc2)cc1. The lowest BCUT2D eigenvalue weighted by molar-refractivity contribution is 0.306. The highest BCUT2D eigenvalue weighted by Crippen LogP contribution is 2.15. The second-order valence-corrected chi connectivity index (χ2v) is 4.72. The maximum atomic E-state index is 5.75. The van der Waals surface area contributed by atoms with E-state index in [9.17, 15) is 0 Å². The number of ether oxygens (including phenoxy) is 1. The fourth-order valence-electron chi connectivity index (χ4n) is 1.94. The van der Waals surface area contributed by atoms with Gasteiger partial charge in [-0.25, -0.2) is 0 Å². The second-order valence-electron chi connectivity index (χ2n) is 4.72. The van der Waals surface area contributed by atoms with Gasteiger partial charge in [0, 0.05) is 0 Å². The Morgan fingerprint density at radius 1 is 0.955 bits per heavy atom. The van der Waals surface area contributed by atoms with Crippen LogP contribution in [0.25, 0.3) is 0 Å². The number of rotatable bonds is 6. The molecule has 4 N–H and O–H groups in total. The highest BCUT2D eigenvalue weighted by Gasteiger charge is 2.02. The van der Waals surface area contributed by atoms with Gasteiger partial charge in [0.15, 0.2) is 0 Å². The molecule has 5 heteroatoms. The quantitative estimate of drug-likeness (QED) is 0.488. The van der Waals surface area contributed by atoms with Crippen LogP contribution in [0.3, 0.4) is 0 Å². The van der Waals surface area contributed by atoms with Crippen LogP contribution in [-0.2, 0) is 6.61 Å². The molecule has 0 saturated carbocycles. The van der Waals surface area contributed by atoms with Gasteiger partial charge >= 0.3 is 0 Å². The maximum absolute atomic E-state index is 5.75. The zero-order chi connectivity index (χ0) is 15.8. The van der Waals surface area contributed by atoms with Crippen molar-refractivity contribution < 1.29 is 4.74 Å². The van der Waals surface area contributed by atoms with Crippen molar-refractivity contribution in [2.24, 2.45) is 21.7 Å². The molecule has 0 amide bonds. The first-order chi connectivity index (χ1) is 10.7. The largest absolute Gasteiger partial charge is 0.489 e. The van der Waals surface area contributed by atoms with Crippen LogP contribution >= 0.6 is 0 Å². The molecule has 0 spiro atoms. The van der Waals surface area contributed by atoms with Crippen LogP contribution in [-0.4, -0.2) is 11.7 Å². The van der Waals surface area contributed by atoms with Crippen LogP contribution in [0.1, 0.15) is 24.5 Å². The predicted octanol–water partition coefficient (Wildman–Crippen LogP) is 2.65. The van der Waals surface area contributed by atoms with Gasteiger partial charge in [-0.05, 0) is 41.8 Å². The number of nitrogens with two attached hydrogens (primary N) is 2. The minimum atomic E-state index is -0.0474. The lowest BCUT2D eigenvalue weighted by Gasteiger charge is -2.08. The molecule has 2 aromatic carbocycles. The van der Waals surface area contributed by atoms with E-state index in [-0.39, 0.29) is 5.96 Å². The average molecular weight is 296 g/mol. The number of guanidine groups is 1. The summed E-state index contributed by atoms with van der Waals surface area (Å²) in [6.45, 7) is 2.55. The normalized spacial score (nSPS) is 11.0. The third-order valence-electron chi connectivity index (χ3n) is 3.06. The Bertz CT molecular complexity index is 644. The lowest BCUT2D eigenvalue weighted by atomic mass is 10.1. The predicted molar refractivity (Wildman–Crippen MR) is 89.9 cm³/mol. The van der Waals surface area contributed by atoms with Crippen molar-refractivity contribution in [1.82, 2.24) is 0 Å². The molecule has 0 saturated heterocycles. The molecule has 0 aromatic heterocycles. The molecule has 0 radical (unpaired) electrons. The average Bonchev–Trinajstić information content (AvgIpc) is 2.55. The van der Waals surface area contributed by atoms with E-state index < -0.39 is 0 Å². The summed E-state index contributed by atoms with van der Waals surface area (Å²) in [7, 11) is 0. The van der Waals surface area contributed by atoms with Crippen LogP contribution in [0.4, 0.5) is 0 Å². The monoisotopic (exact) mass is 296 g/mol. The van der Waals surface area contributed by atoms with Gasteiger partial charge in [0.25, 0.3) is 0 Å². The van der Waals surface area contributed by atoms with E-state index in [0.29, 0.717) is 6.61 Å². The van der Waals surface area contributed by atoms with Crippen molar-refractivity contribution in [2.45, 2.75) is 20.0 Å². The van der Waals surface area contributed by atoms with E-state index in [2.05, 4.69) is 10.2 Å². The van der Waals surface area contributed by atoms with Gasteiger partial charge < -0.3 is 16.2 Å². The summed E-state index contributed by atoms with van der Waals surface area (Å²) in [6, 6.07) is 17.8. The zero-order valence-corrected chi connectivity index (χ0v) is 12.6. The van der Waals surface area contributed by atoms with Crippen molar-refractivity contribution in [3.63, 3.8) is 0 Å². The van der Waals surface area contributed by atoms with Gasteiger partial charge in [-0.3, -0.25) is 0 Å². The molecule has 0 aliphatic rings. The summed E-state index contributed by atoms with van der Waals surface area (Å²) in [5, 5.41) is 7.75. The molecule has 0 aliphatic carbocycles. The van der Waals surface area contributed by atoms with Gasteiger partial charge in [0.2, 0.25) is 5.96 Å². The minimum absolute atomic E-state index is 0.0474. The lowest BCUT2D eigenvalue weighted by Crippen LogP contribution is -2.22. The fourth-order valence-corrected chi connectivity index (χ4v) is 1.94. The Morgan fingerprint density at radius 2 is 1.64 bits per heavy atom. The van der Waals surface area contributed by atoms with E-state index in [1.54, 1.807) is 0 Å². The zero-order valence-electron chi connectivity index (χ0n) is 12.6. The van der Waals surface area contributed by atoms with E-state index in [1.165, 1.54) is 0 Å². The van der Waals surface area contributed by atoms with Crippen molar-refractivity contribution >= 4 is 11.7 Å². The molecule has 0 bridgehead atoms. The summed E-state index contributed by atoms with van der Waals surface area (Å²) in [4.78, 5) is 0. The highest BCUT2D eigenvalue weighted by atomic mass is 16.5. The van der Waals surface area contributed by atoms with Crippen molar-refractivity contribution in [3.05, 3.63) is 65.7 Å². The molecule has 2 aromatic rings. The molecule has 5 nitrogen and oxygen atoms in total. The van der Waals surface area contributed by atoms with E-state index in [1.807, 2.05) is 61.5 Å². The maximum Gasteiger partial charge on any atom is 0.211 e. The highest BCUT2D eigenvalue weighted by molar-refractivity contribution is 6.00.